The molecule has 0 saturated heterocycles. The molecule has 0 amide bonds. The molecule has 0 bridgehead atoms. The minimum atomic E-state index is 0. The molecule has 0 aromatic rings. The number of rotatable bonds is 0. The number of hydrogen-bond donors (Lipinski definition) is 0. The molecule has 1 nitrogen and oxygen atoms in total. The van der Waals surface area contributed by atoms with E-state index in [0.29, 0.717) is 0 Å². The summed E-state index contributed by atoms with van der Waals surface area (Å²) in [6, 6.07) is 0. The predicted octanol–water partition coefficient (Wildman–Crippen LogP) is -1.27. The van der Waals surface area contributed by atoms with Gasteiger partial charge < -0.3 is 0 Å². The molecule has 0 aliphatic rings. The summed E-state index contributed by atoms with van der Waals surface area (Å²) in [7, 11) is 0. The van der Waals surface area contributed by atoms with Crippen LogP contribution in [0.5, 0.6) is 0 Å². The molecule has 0 fully saturated rings. The second-order valence-corrected chi connectivity index (χ2v) is 0. The third-order valence-corrected chi connectivity index (χ3v) is 0. The van der Waals surface area contributed by atoms with Gasteiger partial charge in [0, 0.05) is 88.3 Å². The van der Waals surface area contributed by atoms with Crippen LogP contribution in [0.1, 0.15) is 0 Å². The molecule has 0 aromatic heterocycles. The Morgan fingerprint density at radius 1 is 1.17 bits per heavy atom. The first-order valence-electron chi connectivity index (χ1n) is 0.204. The van der Waals surface area contributed by atoms with E-state index in [1.165, 1.54) is 0 Å². The SMILES string of the molecule is [Cd].[Ge].[O]=[Pb].[Sn].[Zn]. The van der Waals surface area contributed by atoms with Crippen LogP contribution in [-0.2, 0) is 49.5 Å². The second kappa shape index (κ2) is 38.3. The average molecular weight is 592 g/mol. The van der Waals surface area contributed by atoms with Crippen LogP contribution in [0, 0.1) is 0 Å². The molecule has 0 heterocycles. The standard InChI is InChI=1S/Cd.Ge.O.Pb.Sn.Zn. The maximum absolute atomic E-state index is 8.39. The zero-order chi connectivity index (χ0) is 2.00. The van der Waals surface area contributed by atoms with E-state index in [9.17, 15) is 0 Å². The van der Waals surface area contributed by atoms with Gasteiger partial charge in [-0.15, -0.1) is 0 Å². The van der Waals surface area contributed by atoms with Crippen molar-refractivity contribution in [2.45, 2.75) is 0 Å². The van der Waals surface area contributed by atoms with Gasteiger partial charge in [0.25, 0.3) is 0 Å². The van der Waals surface area contributed by atoms with Crippen LogP contribution in [0.15, 0.2) is 0 Å². The fourth-order valence-corrected chi connectivity index (χ4v) is 0. The first kappa shape index (κ1) is 33.5. The van der Waals surface area contributed by atoms with Gasteiger partial charge in [0.15, 0.2) is 0 Å². The van der Waals surface area contributed by atoms with Crippen LogP contribution in [0.25, 0.3) is 0 Å². The molecule has 0 atom stereocenters. The predicted molar refractivity (Wildman–Crippen MR) is 17.9 cm³/mol. The molecule has 10 radical (unpaired) electrons. The van der Waals surface area contributed by atoms with Gasteiger partial charge in [0.05, 0.1) is 0 Å². The summed E-state index contributed by atoms with van der Waals surface area (Å²) in [5.41, 5.74) is 0. The second-order valence-electron chi connectivity index (χ2n) is 0. The topological polar surface area (TPSA) is 17.1 Å². The van der Waals surface area contributed by atoms with Crippen molar-refractivity contribution in [2.24, 2.45) is 0 Å². The molecule has 0 saturated carbocycles. The smallest absolute Gasteiger partial charge is 0 e. The summed E-state index contributed by atoms with van der Waals surface area (Å²) in [6.45, 7) is 0. The molecule has 6 heteroatoms. The Bertz CT molecular complexity index is 15.5. The maximum Gasteiger partial charge on any atom is 0 e. The summed E-state index contributed by atoms with van der Waals surface area (Å²) < 4.78 is 8.39. The van der Waals surface area contributed by atoms with Gasteiger partial charge >= 0.3 is 28.5 Å². The van der Waals surface area contributed by atoms with Crippen LogP contribution in [0.2, 0.25) is 0 Å². The third-order valence-electron chi connectivity index (χ3n) is 0. The Balaban J connectivity index is -0.000000000833. The number of hydrogen-bond acceptors (Lipinski definition) is 1. The van der Waals surface area contributed by atoms with Gasteiger partial charge in [-0.1, -0.05) is 0 Å². The van der Waals surface area contributed by atoms with Crippen molar-refractivity contribution in [1.29, 1.82) is 0 Å². The van der Waals surface area contributed by atoms with Gasteiger partial charge in [-0.25, -0.2) is 0 Å². The van der Waals surface area contributed by atoms with Crippen molar-refractivity contribution < 1.29 is 49.5 Å². The van der Waals surface area contributed by atoms with Crippen molar-refractivity contribution in [3.8, 4) is 0 Å². The molecule has 6 heavy (non-hydrogen) atoms. The summed E-state index contributed by atoms with van der Waals surface area (Å²) >= 11 is 0.0556. The summed E-state index contributed by atoms with van der Waals surface area (Å²) in [5.74, 6) is 0. The Labute approximate surface area is 114 Å². The van der Waals surface area contributed by atoms with Crippen LogP contribution in [0.4, 0.5) is 0 Å². The van der Waals surface area contributed by atoms with Crippen molar-refractivity contribution in [3.63, 3.8) is 0 Å². The van der Waals surface area contributed by atoms with E-state index in [4.69, 9.17) is 2.69 Å². The summed E-state index contributed by atoms with van der Waals surface area (Å²) in [5, 5.41) is 0. The Hall–Kier alpha value is 3.61. The molecule has 0 spiro atoms. The molecular formula is CdGeOPbSnZn. The van der Waals surface area contributed by atoms with E-state index in [1.54, 1.807) is 0 Å². The zero-order valence-corrected chi connectivity index (χ0v) is 19.2. The van der Waals surface area contributed by atoms with Gasteiger partial charge in [-0.2, -0.15) is 0 Å². The monoisotopic (exact) mass is 596 g/mol. The molecule has 22 valence electrons. The molecule has 0 aliphatic carbocycles. The molecule has 0 aromatic carbocycles. The molecular weight excluding hydrogens is 592 g/mol. The van der Waals surface area contributed by atoms with E-state index in [0.717, 1.165) is 0 Å². The van der Waals surface area contributed by atoms with E-state index in [-0.39, 0.29) is 114 Å². The summed E-state index contributed by atoms with van der Waals surface area (Å²) in [6.07, 6.45) is 0. The molecule has 0 rings (SSSR count). The van der Waals surface area contributed by atoms with E-state index in [1.807, 2.05) is 0 Å². The normalized spacial score (nSPS) is 0.667. The molecule has 0 unspecified atom stereocenters. The van der Waals surface area contributed by atoms with E-state index < -0.39 is 0 Å². The van der Waals surface area contributed by atoms with E-state index in [2.05, 4.69) is 0 Å². The maximum atomic E-state index is 8.39. The first-order valence-corrected chi connectivity index (χ1v) is 1.79. The molecule has 0 N–H and O–H groups in total. The minimum absolute atomic E-state index is 0. The van der Waals surface area contributed by atoms with Crippen LogP contribution in [0.3, 0.4) is 0 Å². The van der Waals surface area contributed by atoms with Gasteiger partial charge in [0.1, 0.15) is 0 Å². The zero-order valence-electron chi connectivity index (χ0n) is 3.32. The fraction of sp³-hybridized carbons (Fsp3) is 0. The van der Waals surface area contributed by atoms with Gasteiger partial charge in [-0.3, -0.25) is 0 Å². The van der Waals surface area contributed by atoms with E-state index >= 15 is 0 Å². The average Bonchev–Trinajstić information content (AvgIpc) is 1.00. The van der Waals surface area contributed by atoms with Gasteiger partial charge in [0.2, 0.25) is 0 Å². The summed E-state index contributed by atoms with van der Waals surface area (Å²) in [4.78, 5) is 0. The Morgan fingerprint density at radius 3 is 1.17 bits per heavy atom. The quantitative estimate of drug-likeness (QED) is 0.321. The van der Waals surface area contributed by atoms with Crippen LogP contribution in [-0.4, -0.2) is 67.3 Å². The minimum Gasteiger partial charge on any atom is 0 e. The third kappa shape index (κ3) is 25.5. The van der Waals surface area contributed by atoms with Crippen molar-refractivity contribution in [3.05, 3.63) is 0 Å². The fourth-order valence-electron chi connectivity index (χ4n) is 0. The largest absolute Gasteiger partial charge is 0 e. The van der Waals surface area contributed by atoms with Crippen molar-refractivity contribution >= 4 is 67.3 Å². The Kier molecular flexibility index (Phi) is 214. The first-order chi connectivity index (χ1) is 1.00. The van der Waals surface area contributed by atoms with Crippen molar-refractivity contribution in [2.75, 3.05) is 0 Å². The Morgan fingerprint density at radius 2 is 1.17 bits per heavy atom. The van der Waals surface area contributed by atoms with Crippen LogP contribution < -0.4 is 0 Å². The van der Waals surface area contributed by atoms with Crippen LogP contribution >= 0.6 is 0 Å². The van der Waals surface area contributed by atoms with Crippen molar-refractivity contribution in [1.82, 2.24) is 0 Å². The molecule has 0 aliphatic heterocycles. The van der Waals surface area contributed by atoms with Gasteiger partial charge in [-0.05, 0) is 0 Å².